The first kappa shape index (κ1) is 3.42. The first-order valence-electron chi connectivity index (χ1n) is 5.88. The Balaban J connectivity index is 1.95. The van der Waals surface area contributed by atoms with Gasteiger partial charge in [-0.05, 0) is 49.3 Å². The Morgan fingerprint density at radius 2 is 2.20 bits per heavy atom. The molecule has 0 N–H and O–H groups in total. The molecular weight excluding hydrogens is 120 g/mol. The van der Waals surface area contributed by atoms with Gasteiger partial charge in [-0.15, -0.1) is 0 Å². The highest BCUT2D eigenvalue weighted by atomic mass is 14.5. The molecule has 0 amide bonds. The lowest BCUT2D eigenvalue weighted by Crippen LogP contribution is -2.16. The van der Waals surface area contributed by atoms with Crippen LogP contribution in [-0.4, -0.2) is 0 Å². The molecule has 2 bridgehead atoms. The summed E-state index contributed by atoms with van der Waals surface area (Å²) in [7, 11) is 0. The second kappa shape index (κ2) is 1.66. The van der Waals surface area contributed by atoms with Crippen molar-refractivity contribution in [2.24, 2.45) is 23.7 Å². The molecule has 2 fully saturated rings. The molecule has 0 radical (unpaired) electrons. The lowest BCUT2D eigenvalue weighted by molar-refractivity contribution is 0.285. The minimum Gasteiger partial charge on any atom is -0.0879 e. The molecule has 54 valence electrons. The Kier molecular flexibility index (Phi) is 0.570. The van der Waals surface area contributed by atoms with E-state index in [2.05, 4.69) is 6.08 Å². The fourth-order valence-corrected chi connectivity index (χ4v) is 2.76. The average molecular weight is 137 g/mol. The quantitative estimate of drug-likeness (QED) is 0.450. The molecule has 0 aromatic carbocycles. The topological polar surface area (TPSA) is 0 Å². The van der Waals surface area contributed by atoms with Gasteiger partial charge in [0, 0.05) is 4.11 Å². The van der Waals surface area contributed by atoms with Crippen LogP contribution in [0.3, 0.4) is 0 Å². The van der Waals surface area contributed by atoms with Gasteiger partial charge in [-0.2, -0.15) is 0 Å². The van der Waals surface area contributed by atoms with Gasteiger partial charge in [0.2, 0.25) is 0 Å². The Morgan fingerprint density at radius 1 is 1.30 bits per heavy atom. The van der Waals surface area contributed by atoms with Crippen LogP contribution >= 0.6 is 0 Å². The fraction of sp³-hybridized carbons (Fsp3) is 0.800. The molecule has 2 unspecified atom stereocenters. The van der Waals surface area contributed by atoms with Crippen molar-refractivity contribution in [3.8, 4) is 0 Å². The van der Waals surface area contributed by atoms with E-state index in [4.69, 9.17) is 4.11 Å². The van der Waals surface area contributed by atoms with Crippen molar-refractivity contribution in [1.82, 2.24) is 0 Å². The Morgan fingerprint density at radius 3 is 3.20 bits per heavy atom. The molecule has 2 saturated carbocycles. The zero-order valence-electron chi connectivity index (χ0n) is 8.90. The van der Waals surface area contributed by atoms with Gasteiger partial charge in [-0.1, -0.05) is 12.2 Å². The van der Waals surface area contributed by atoms with E-state index >= 15 is 0 Å². The highest BCUT2D eigenvalue weighted by Gasteiger charge is 2.47. The largest absolute Gasteiger partial charge is 0.0879 e. The van der Waals surface area contributed by atoms with Gasteiger partial charge >= 0.3 is 0 Å². The van der Waals surface area contributed by atoms with Crippen LogP contribution in [0.5, 0.6) is 0 Å². The van der Waals surface area contributed by atoms with Gasteiger partial charge in [0.1, 0.15) is 0 Å². The average Bonchev–Trinajstić information content (AvgIpc) is 2.70. The minimum absolute atomic E-state index is 0.0830. The molecule has 0 saturated heterocycles. The predicted molar refractivity (Wildman–Crippen MR) is 41.6 cm³/mol. The smallest absolute Gasteiger partial charge is 0.0313 e. The van der Waals surface area contributed by atoms with Crippen molar-refractivity contribution < 1.29 is 4.11 Å². The van der Waals surface area contributed by atoms with Gasteiger partial charge < -0.3 is 0 Å². The summed E-state index contributed by atoms with van der Waals surface area (Å²) < 4.78 is 23.6. The lowest BCUT2D eigenvalue weighted by Gasteiger charge is -2.23. The van der Waals surface area contributed by atoms with E-state index < -0.39 is 0 Å². The van der Waals surface area contributed by atoms with Gasteiger partial charge in [0.15, 0.2) is 0 Å². The van der Waals surface area contributed by atoms with Crippen LogP contribution in [0.15, 0.2) is 12.2 Å². The summed E-state index contributed by atoms with van der Waals surface area (Å²) >= 11 is 0. The van der Waals surface area contributed by atoms with Crippen molar-refractivity contribution in [1.29, 1.82) is 0 Å². The van der Waals surface area contributed by atoms with Crippen LogP contribution in [0.25, 0.3) is 0 Å². The molecule has 3 rings (SSSR count). The number of fused-ring (bicyclic) bond motifs is 5. The fourth-order valence-electron chi connectivity index (χ4n) is 2.76. The summed E-state index contributed by atoms with van der Waals surface area (Å²) in [5, 5.41) is 0. The summed E-state index contributed by atoms with van der Waals surface area (Å²) in [6.45, 7) is 0. The minimum atomic E-state index is -0.209. The van der Waals surface area contributed by atoms with E-state index in [1.165, 1.54) is 0 Å². The van der Waals surface area contributed by atoms with E-state index in [0.717, 1.165) is 6.42 Å². The van der Waals surface area contributed by atoms with Crippen molar-refractivity contribution in [2.75, 3.05) is 0 Å². The second-order valence-corrected chi connectivity index (χ2v) is 3.68. The molecule has 10 heavy (non-hydrogen) atoms. The first-order chi connectivity index (χ1) is 6.20. The maximum atomic E-state index is 7.87. The molecule has 0 aliphatic heterocycles. The molecule has 0 nitrogen and oxygen atoms in total. The van der Waals surface area contributed by atoms with Crippen LogP contribution in [0, 0.1) is 23.7 Å². The standard InChI is InChI=1S/C10H14/c1-2-9-7-4-5-8(6-7)10(9)3-1/h1-2,7-10H,3-6H2/t7-,8+,9?,10?/m1/s1/i3D,4D,5D/t3-,4+,5-,7+,8-,9?,10?/m0. The molecule has 3 aliphatic rings. The lowest BCUT2D eigenvalue weighted by atomic mass is 9.82. The summed E-state index contributed by atoms with van der Waals surface area (Å²) in [4.78, 5) is 0. The molecule has 0 heteroatoms. The number of hydrogen-bond acceptors (Lipinski definition) is 0. The molecule has 0 spiro atoms. The SMILES string of the molecule is [2H][C@@H]1[C@H]([2H])[C@H]2C[C@@H]1C1C=C[C@H]([2H])C12. The molecule has 3 aliphatic carbocycles. The molecule has 0 heterocycles. The van der Waals surface area contributed by atoms with Crippen LogP contribution in [0.2, 0.25) is 0 Å². The maximum absolute atomic E-state index is 7.87. The van der Waals surface area contributed by atoms with E-state index in [1.54, 1.807) is 0 Å². The predicted octanol–water partition coefficient (Wildman–Crippen LogP) is 2.61. The second-order valence-electron chi connectivity index (χ2n) is 3.68. The van der Waals surface area contributed by atoms with Crippen LogP contribution in [0.4, 0.5) is 0 Å². The van der Waals surface area contributed by atoms with Gasteiger partial charge in [0.25, 0.3) is 0 Å². The van der Waals surface area contributed by atoms with E-state index in [-0.39, 0.29) is 19.2 Å². The molecule has 7 atom stereocenters. The number of allylic oxidation sites excluding steroid dienone is 2. The third-order valence-corrected chi connectivity index (χ3v) is 3.25. The monoisotopic (exact) mass is 137 g/mol. The van der Waals surface area contributed by atoms with Crippen molar-refractivity contribution in [3.05, 3.63) is 12.2 Å². The van der Waals surface area contributed by atoms with Crippen LogP contribution in [-0.2, 0) is 0 Å². The Bertz CT molecular complexity index is 263. The van der Waals surface area contributed by atoms with Crippen molar-refractivity contribution in [2.45, 2.75) is 25.6 Å². The van der Waals surface area contributed by atoms with E-state index in [1.807, 2.05) is 6.08 Å². The summed E-state index contributed by atoms with van der Waals surface area (Å²) in [6.07, 6.45) is 4.68. The summed E-state index contributed by atoms with van der Waals surface area (Å²) in [5.74, 6) is 1.59. The van der Waals surface area contributed by atoms with Gasteiger partial charge in [-0.3, -0.25) is 0 Å². The third kappa shape index (κ3) is 0.492. The number of hydrogen-bond donors (Lipinski definition) is 0. The molecule has 0 aromatic heterocycles. The zero-order chi connectivity index (χ0) is 9.16. The van der Waals surface area contributed by atoms with Gasteiger partial charge in [0.05, 0.1) is 0 Å². The maximum Gasteiger partial charge on any atom is 0.0313 e. The van der Waals surface area contributed by atoms with Gasteiger partial charge in [-0.25, -0.2) is 0 Å². The third-order valence-electron chi connectivity index (χ3n) is 3.25. The summed E-state index contributed by atoms with van der Waals surface area (Å²) in [6, 6.07) is 0. The van der Waals surface area contributed by atoms with E-state index in [0.29, 0.717) is 23.7 Å². The Labute approximate surface area is 66.5 Å². The van der Waals surface area contributed by atoms with Crippen LogP contribution in [0.1, 0.15) is 29.7 Å². The van der Waals surface area contributed by atoms with Crippen LogP contribution < -0.4 is 0 Å². The molecule has 0 aromatic rings. The molecular formula is C10H14. The summed E-state index contributed by atoms with van der Waals surface area (Å²) in [5.41, 5.74) is 0. The number of rotatable bonds is 0. The Hall–Kier alpha value is -0.260. The highest BCUT2D eigenvalue weighted by molar-refractivity contribution is 5.11. The van der Waals surface area contributed by atoms with Crippen molar-refractivity contribution in [3.63, 3.8) is 0 Å². The zero-order valence-corrected chi connectivity index (χ0v) is 5.90. The highest BCUT2D eigenvalue weighted by Crippen LogP contribution is 2.56. The van der Waals surface area contributed by atoms with Crippen molar-refractivity contribution >= 4 is 0 Å². The normalized spacial score (nSPS) is 82.4. The first-order valence-corrected chi connectivity index (χ1v) is 4.15. The van der Waals surface area contributed by atoms with E-state index in [9.17, 15) is 0 Å².